The molecular weight excluding hydrogens is 312 g/mol. The van der Waals surface area contributed by atoms with Crippen molar-refractivity contribution in [1.82, 2.24) is 14.6 Å². The van der Waals surface area contributed by atoms with E-state index in [-0.39, 0.29) is 17.3 Å². The van der Waals surface area contributed by atoms with Crippen molar-refractivity contribution >= 4 is 27.8 Å². The summed E-state index contributed by atoms with van der Waals surface area (Å²) in [6, 6.07) is 0.0843. The minimum absolute atomic E-state index is 0.0843. The highest BCUT2D eigenvalue weighted by atomic mass is 32.1. The standard InChI is InChI=1S/C16H22N4O2S/c1-4-5-8-19-15-13(10(2)12(23-15)9-18-17-3)14(21)20(16(19)22)11-6-7-11/h9,11,17H,4-8H2,1-3H3/b18-9+. The molecule has 6 nitrogen and oxygen atoms in total. The Morgan fingerprint density at radius 3 is 2.74 bits per heavy atom. The zero-order valence-electron chi connectivity index (χ0n) is 13.8. The van der Waals surface area contributed by atoms with Gasteiger partial charge in [0.1, 0.15) is 4.83 Å². The normalized spacial score (nSPS) is 14.9. The fraction of sp³-hybridized carbons (Fsp3) is 0.562. The van der Waals surface area contributed by atoms with Crippen LogP contribution in [-0.4, -0.2) is 22.4 Å². The van der Waals surface area contributed by atoms with Gasteiger partial charge in [0.2, 0.25) is 0 Å². The van der Waals surface area contributed by atoms with Crippen molar-refractivity contribution in [3.8, 4) is 0 Å². The molecule has 7 heteroatoms. The van der Waals surface area contributed by atoms with Gasteiger partial charge in [0.05, 0.1) is 16.5 Å². The molecule has 2 aromatic heterocycles. The maximum absolute atomic E-state index is 12.9. The number of nitrogens with one attached hydrogen (secondary N) is 1. The number of thiophene rings is 1. The van der Waals surface area contributed by atoms with E-state index >= 15 is 0 Å². The van der Waals surface area contributed by atoms with E-state index in [9.17, 15) is 9.59 Å². The third-order valence-corrected chi connectivity index (χ3v) is 5.49. The van der Waals surface area contributed by atoms with Crippen molar-refractivity contribution < 1.29 is 0 Å². The summed E-state index contributed by atoms with van der Waals surface area (Å²) < 4.78 is 3.25. The lowest BCUT2D eigenvalue weighted by molar-refractivity contribution is 0.561. The fourth-order valence-corrected chi connectivity index (χ4v) is 3.99. The van der Waals surface area contributed by atoms with Crippen LogP contribution in [0, 0.1) is 6.92 Å². The Labute approximate surface area is 138 Å². The van der Waals surface area contributed by atoms with Crippen LogP contribution in [0.5, 0.6) is 0 Å². The molecule has 0 aromatic carbocycles. The number of hydrogen-bond donors (Lipinski definition) is 1. The van der Waals surface area contributed by atoms with Gasteiger partial charge in [-0.15, -0.1) is 11.3 Å². The second-order valence-corrected chi connectivity index (χ2v) is 6.98. The Morgan fingerprint density at radius 1 is 1.39 bits per heavy atom. The summed E-state index contributed by atoms with van der Waals surface area (Å²) in [6.07, 6.45) is 5.50. The lowest BCUT2D eigenvalue weighted by Gasteiger charge is -2.11. The zero-order valence-corrected chi connectivity index (χ0v) is 14.6. The average Bonchev–Trinajstić information content (AvgIpc) is 3.30. The van der Waals surface area contributed by atoms with E-state index in [4.69, 9.17) is 0 Å². The molecule has 3 rings (SSSR count). The first-order valence-corrected chi connectivity index (χ1v) is 8.90. The van der Waals surface area contributed by atoms with E-state index in [1.807, 2.05) is 6.92 Å². The highest BCUT2D eigenvalue weighted by Gasteiger charge is 2.30. The molecule has 1 fully saturated rings. The van der Waals surface area contributed by atoms with Gasteiger partial charge in [-0.1, -0.05) is 13.3 Å². The van der Waals surface area contributed by atoms with E-state index in [2.05, 4.69) is 17.5 Å². The van der Waals surface area contributed by atoms with Crippen LogP contribution in [0.1, 0.15) is 49.1 Å². The van der Waals surface area contributed by atoms with Crippen molar-refractivity contribution in [2.45, 2.75) is 52.1 Å². The summed E-state index contributed by atoms with van der Waals surface area (Å²) in [7, 11) is 1.73. The minimum atomic E-state index is -0.156. The first-order valence-electron chi connectivity index (χ1n) is 8.08. The van der Waals surface area contributed by atoms with Crippen molar-refractivity contribution in [3.05, 3.63) is 31.3 Å². The molecule has 0 unspecified atom stereocenters. The van der Waals surface area contributed by atoms with Gasteiger partial charge in [0, 0.05) is 19.6 Å². The van der Waals surface area contributed by atoms with Crippen LogP contribution in [0.3, 0.4) is 0 Å². The van der Waals surface area contributed by atoms with Crippen LogP contribution >= 0.6 is 11.3 Å². The van der Waals surface area contributed by atoms with E-state index in [1.165, 1.54) is 15.9 Å². The number of hydrogen-bond acceptors (Lipinski definition) is 5. The first kappa shape index (κ1) is 16.0. The number of nitrogens with zero attached hydrogens (tertiary/aromatic N) is 3. The third-order valence-electron chi connectivity index (χ3n) is 4.24. The van der Waals surface area contributed by atoms with Crippen LogP contribution in [0.2, 0.25) is 0 Å². The van der Waals surface area contributed by atoms with Gasteiger partial charge >= 0.3 is 5.69 Å². The lowest BCUT2D eigenvalue weighted by atomic mass is 10.2. The minimum Gasteiger partial charge on any atom is -0.313 e. The Hall–Kier alpha value is -1.89. The summed E-state index contributed by atoms with van der Waals surface area (Å²) in [5.74, 6) is 0. The van der Waals surface area contributed by atoms with Gasteiger partial charge in [-0.3, -0.25) is 13.9 Å². The summed E-state index contributed by atoms with van der Waals surface area (Å²) in [5.41, 5.74) is 3.34. The SMILES string of the molecule is CCCCn1c(=O)n(C2CC2)c(=O)c2c(C)c(/C=N/NC)sc21. The molecule has 1 aliphatic rings. The fourth-order valence-electron chi connectivity index (χ4n) is 2.80. The van der Waals surface area contributed by atoms with Crippen molar-refractivity contribution in [2.24, 2.45) is 5.10 Å². The molecule has 0 radical (unpaired) electrons. The predicted molar refractivity (Wildman–Crippen MR) is 94.9 cm³/mol. The number of hydrazone groups is 1. The molecule has 0 atom stereocenters. The molecule has 124 valence electrons. The summed E-state index contributed by atoms with van der Waals surface area (Å²) in [6.45, 7) is 4.69. The van der Waals surface area contributed by atoms with Crippen LogP contribution in [-0.2, 0) is 6.54 Å². The monoisotopic (exact) mass is 334 g/mol. The second kappa shape index (κ2) is 6.31. The van der Waals surface area contributed by atoms with Gasteiger partial charge in [0.25, 0.3) is 5.56 Å². The Morgan fingerprint density at radius 2 is 2.13 bits per heavy atom. The molecule has 23 heavy (non-hydrogen) atoms. The predicted octanol–water partition coefficient (Wildman–Crippen LogP) is 2.22. The molecule has 2 heterocycles. The van der Waals surface area contributed by atoms with Crippen molar-refractivity contribution in [3.63, 3.8) is 0 Å². The number of aryl methyl sites for hydroxylation is 2. The van der Waals surface area contributed by atoms with E-state index in [1.54, 1.807) is 17.8 Å². The van der Waals surface area contributed by atoms with Crippen molar-refractivity contribution in [1.29, 1.82) is 0 Å². The molecule has 1 saturated carbocycles. The smallest absolute Gasteiger partial charge is 0.313 e. The Kier molecular flexibility index (Phi) is 4.39. The number of aromatic nitrogens is 2. The van der Waals surface area contributed by atoms with Gasteiger partial charge in [-0.25, -0.2) is 4.79 Å². The molecule has 1 aliphatic carbocycles. The van der Waals surface area contributed by atoms with Crippen molar-refractivity contribution in [2.75, 3.05) is 7.05 Å². The van der Waals surface area contributed by atoms with Crippen LogP contribution < -0.4 is 16.7 Å². The van der Waals surface area contributed by atoms with Crippen LogP contribution in [0.25, 0.3) is 10.2 Å². The maximum Gasteiger partial charge on any atom is 0.332 e. The Balaban J connectivity index is 2.31. The molecule has 2 aromatic rings. The zero-order chi connectivity index (χ0) is 16.6. The highest BCUT2D eigenvalue weighted by molar-refractivity contribution is 7.20. The first-order chi connectivity index (χ1) is 11.1. The number of rotatable bonds is 6. The molecule has 1 N–H and O–H groups in total. The van der Waals surface area contributed by atoms with Gasteiger partial charge in [-0.05, 0) is 31.7 Å². The lowest BCUT2D eigenvalue weighted by Crippen LogP contribution is -2.39. The third kappa shape index (κ3) is 2.73. The summed E-state index contributed by atoms with van der Waals surface area (Å²) >= 11 is 1.47. The summed E-state index contributed by atoms with van der Waals surface area (Å²) in [5, 5.41) is 4.73. The van der Waals surface area contributed by atoms with E-state index in [0.29, 0.717) is 11.9 Å². The van der Waals surface area contributed by atoms with Crippen LogP contribution in [0.4, 0.5) is 0 Å². The number of fused-ring (bicyclic) bond motifs is 1. The number of unbranched alkanes of at least 4 members (excludes halogenated alkanes) is 1. The molecule has 0 aliphatic heterocycles. The quantitative estimate of drug-likeness (QED) is 0.650. The highest BCUT2D eigenvalue weighted by Crippen LogP contribution is 2.34. The molecule has 0 amide bonds. The Bertz CT molecular complexity index is 871. The molecule has 0 saturated heterocycles. The van der Waals surface area contributed by atoms with Crippen LogP contribution in [0.15, 0.2) is 14.7 Å². The average molecular weight is 334 g/mol. The van der Waals surface area contributed by atoms with Gasteiger partial charge < -0.3 is 5.43 Å². The van der Waals surface area contributed by atoms with E-state index in [0.717, 1.165) is 41.0 Å². The van der Waals surface area contributed by atoms with E-state index < -0.39 is 0 Å². The van der Waals surface area contributed by atoms with Gasteiger partial charge in [-0.2, -0.15) is 5.10 Å². The topological polar surface area (TPSA) is 68.4 Å². The summed E-state index contributed by atoms with van der Waals surface area (Å²) in [4.78, 5) is 27.4. The maximum atomic E-state index is 12.9. The largest absolute Gasteiger partial charge is 0.332 e. The molecule has 0 bridgehead atoms. The molecule has 0 spiro atoms. The molecular formula is C16H22N4O2S. The second-order valence-electron chi connectivity index (χ2n) is 5.95. The van der Waals surface area contributed by atoms with Gasteiger partial charge in [0.15, 0.2) is 0 Å².